The molecule has 0 saturated carbocycles. The monoisotopic (exact) mass is 449 g/mol. The SMILES string of the molecule is CCNC(=O)C(C)(C)CN=C(NCC)N(C)Cc1cccn1C.I. The van der Waals surface area contributed by atoms with Gasteiger partial charge in [-0.2, -0.15) is 0 Å². The number of guanidine groups is 1. The van der Waals surface area contributed by atoms with Crippen molar-refractivity contribution in [3.8, 4) is 0 Å². The van der Waals surface area contributed by atoms with Crippen molar-refractivity contribution in [2.24, 2.45) is 17.5 Å². The number of nitrogens with zero attached hydrogens (tertiary/aromatic N) is 3. The molecule has 7 heteroatoms. The van der Waals surface area contributed by atoms with Crippen LogP contribution in [0, 0.1) is 5.41 Å². The van der Waals surface area contributed by atoms with Gasteiger partial charge in [0.1, 0.15) is 0 Å². The van der Waals surface area contributed by atoms with E-state index in [-0.39, 0.29) is 29.9 Å². The normalized spacial score (nSPS) is 11.7. The first kappa shape index (κ1) is 22.8. The highest BCUT2D eigenvalue weighted by Crippen LogP contribution is 2.16. The second-order valence-electron chi connectivity index (χ2n) is 6.38. The minimum absolute atomic E-state index is 0. The molecule has 1 aromatic heterocycles. The molecule has 0 aliphatic heterocycles. The maximum atomic E-state index is 12.1. The molecule has 0 radical (unpaired) electrons. The summed E-state index contributed by atoms with van der Waals surface area (Å²) in [6, 6.07) is 4.13. The summed E-state index contributed by atoms with van der Waals surface area (Å²) in [5.41, 5.74) is 0.684. The molecule has 0 aromatic carbocycles. The minimum atomic E-state index is -0.525. The second kappa shape index (κ2) is 10.6. The van der Waals surface area contributed by atoms with E-state index in [9.17, 15) is 4.79 Å². The number of amides is 1. The predicted octanol–water partition coefficient (Wildman–Crippen LogP) is 2.20. The summed E-state index contributed by atoms with van der Waals surface area (Å²) < 4.78 is 2.10. The number of aromatic nitrogens is 1. The smallest absolute Gasteiger partial charge is 0.227 e. The molecule has 0 unspecified atom stereocenters. The van der Waals surface area contributed by atoms with Crippen LogP contribution in [0.4, 0.5) is 0 Å². The molecule has 24 heavy (non-hydrogen) atoms. The average Bonchev–Trinajstić information content (AvgIpc) is 2.88. The first-order valence-electron chi connectivity index (χ1n) is 8.19. The number of hydrogen-bond donors (Lipinski definition) is 2. The van der Waals surface area contributed by atoms with Gasteiger partial charge in [-0.25, -0.2) is 0 Å². The van der Waals surface area contributed by atoms with Gasteiger partial charge in [0.15, 0.2) is 5.96 Å². The lowest BCUT2D eigenvalue weighted by Crippen LogP contribution is -2.42. The quantitative estimate of drug-likeness (QED) is 0.381. The third kappa shape index (κ3) is 6.70. The van der Waals surface area contributed by atoms with E-state index in [1.807, 2.05) is 54.1 Å². The molecule has 0 aliphatic carbocycles. The van der Waals surface area contributed by atoms with E-state index in [0.717, 1.165) is 19.0 Å². The molecule has 1 aromatic rings. The molecule has 0 aliphatic rings. The molecule has 1 amide bonds. The van der Waals surface area contributed by atoms with E-state index in [2.05, 4.69) is 31.2 Å². The van der Waals surface area contributed by atoms with E-state index in [1.54, 1.807) is 0 Å². The van der Waals surface area contributed by atoms with Crippen LogP contribution in [0.15, 0.2) is 23.3 Å². The number of halogens is 1. The molecule has 6 nitrogen and oxygen atoms in total. The molecule has 1 rings (SSSR count). The minimum Gasteiger partial charge on any atom is -0.357 e. The number of rotatable bonds is 7. The third-order valence-corrected chi connectivity index (χ3v) is 3.72. The first-order chi connectivity index (χ1) is 10.8. The van der Waals surface area contributed by atoms with Gasteiger partial charge in [-0.05, 0) is 39.8 Å². The molecule has 0 bridgehead atoms. The third-order valence-electron chi connectivity index (χ3n) is 3.72. The van der Waals surface area contributed by atoms with Crippen molar-refractivity contribution in [1.82, 2.24) is 20.1 Å². The molecular formula is C17H32IN5O. The highest BCUT2D eigenvalue weighted by atomic mass is 127. The molecule has 0 saturated heterocycles. The van der Waals surface area contributed by atoms with Crippen LogP contribution < -0.4 is 10.6 Å². The zero-order valence-corrected chi connectivity index (χ0v) is 18.0. The Bertz CT molecular complexity index is 539. The van der Waals surface area contributed by atoms with Crippen LogP contribution in [0.1, 0.15) is 33.4 Å². The molecule has 138 valence electrons. The van der Waals surface area contributed by atoms with Crippen molar-refractivity contribution < 1.29 is 4.79 Å². The summed E-state index contributed by atoms with van der Waals surface area (Å²) in [7, 11) is 4.04. The Morgan fingerprint density at radius 2 is 1.92 bits per heavy atom. The Labute approximate surface area is 163 Å². The Hall–Kier alpha value is -1.25. The lowest BCUT2D eigenvalue weighted by molar-refractivity contribution is -0.128. The van der Waals surface area contributed by atoms with Crippen molar-refractivity contribution in [2.45, 2.75) is 34.2 Å². The summed E-state index contributed by atoms with van der Waals surface area (Å²) in [6.07, 6.45) is 2.03. The maximum absolute atomic E-state index is 12.1. The molecule has 2 N–H and O–H groups in total. The van der Waals surface area contributed by atoms with E-state index < -0.39 is 5.41 Å². The fourth-order valence-electron chi connectivity index (χ4n) is 2.19. The van der Waals surface area contributed by atoms with Crippen LogP contribution in [0.2, 0.25) is 0 Å². The molecule has 0 atom stereocenters. The highest BCUT2D eigenvalue weighted by Gasteiger charge is 2.27. The van der Waals surface area contributed by atoms with Crippen molar-refractivity contribution in [3.63, 3.8) is 0 Å². The summed E-state index contributed by atoms with van der Waals surface area (Å²) in [4.78, 5) is 18.8. The molecule has 0 spiro atoms. The predicted molar refractivity (Wildman–Crippen MR) is 111 cm³/mol. The lowest BCUT2D eigenvalue weighted by atomic mass is 9.92. The summed E-state index contributed by atoms with van der Waals surface area (Å²) in [5.74, 6) is 0.843. The van der Waals surface area contributed by atoms with Crippen LogP contribution >= 0.6 is 24.0 Å². The van der Waals surface area contributed by atoms with Gasteiger partial charge in [0, 0.05) is 39.1 Å². The van der Waals surface area contributed by atoms with Gasteiger partial charge in [0.25, 0.3) is 0 Å². The number of carbonyl (C=O) groups excluding carboxylic acids is 1. The number of nitrogens with one attached hydrogen (secondary N) is 2. The fourth-order valence-corrected chi connectivity index (χ4v) is 2.19. The van der Waals surface area contributed by atoms with Gasteiger partial charge in [0.2, 0.25) is 5.91 Å². The molecule has 1 heterocycles. The largest absolute Gasteiger partial charge is 0.357 e. The van der Waals surface area contributed by atoms with E-state index in [4.69, 9.17) is 0 Å². The second-order valence-corrected chi connectivity index (χ2v) is 6.38. The van der Waals surface area contributed by atoms with Crippen molar-refractivity contribution in [3.05, 3.63) is 24.0 Å². The number of aryl methyl sites for hydroxylation is 1. The van der Waals surface area contributed by atoms with Crippen molar-refractivity contribution >= 4 is 35.8 Å². The Morgan fingerprint density at radius 3 is 2.42 bits per heavy atom. The summed E-state index contributed by atoms with van der Waals surface area (Å²) in [5, 5.41) is 6.16. The van der Waals surface area contributed by atoms with Crippen LogP contribution in [-0.2, 0) is 18.4 Å². The Balaban J connectivity index is 0.00000529. The average molecular weight is 449 g/mol. The van der Waals surface area contributed by atoms with E-state index >= 15 is 0 Å². The summed E-state index contributed by atoms with van der Waals surface area (Å²) >= 11 is 0. The van der Waals surface area contributed by atoms with Gasteiger partial charge in [-0.1, -0.05) is 0 Å². The van der Waals surface area contributed by atoms with Gasteiger partial charge in [-0.3, -0.25) is 9.79 Å². The van der Waals surface area contributed by atoms with E-state index in [1.165, 1.54) is 5.69 Å². The van der Waals surface area contributed by atoms with Crippen LogP contribution in [0.5, 0.6) is 0 Å². The topological polar surface area (TPSA) is 61.7 Å². The van der Waals surface area contributed by atoms with Crippen molar-refractivity contribution in [2.75, 3.05) is 26.7 Å². The van der Waals surface area contributed by atoms with Crippen LogP contribution in [-0.4, -0.2) is 48.0 Å². The van der Waals surface area contributed by atoms with Gasteiger partial charge in [-0.15, -0.1) is 24.0 Å². The highest BCUT2D eigenvalue weighted by molar-refractivity contribution is 14.0. The number of carbonyl (C=O) groups is 1. The van der Waals surface area contributed by atoms with E-state index in [0.29, 0.717) is 13.1 Å². The Morgan fingerprint density at radius 1 is 1.29 bits per heavy atom. The zero-order chi connectivity index (χ0) is 17.5. The van der Waals surface area contributed by atoms with Gasteiger partial charge < -0.3 is 20.1 Å². The van der Waals surface area contributed by atoms with Crippen molar-refractivity contribution in [1.29, 1.82) is 0 Å². The zero-order valence-electron chi connectivity index (χ0n) is 15.7. The van der Waals surface area contributed by atoms with Crippen LogP contribution in [0.25, 0.3) is 0 Å². The van der Waals surface area contributed by atoms with Gasteiger partial charge in [0.05, 0.1) is 18.5 Å². The molecular weight excluding hydrogens is 417 g/mol. The van der Waals surface area contributed by atoms with Crippen LogP contribution in [0.3, 0.4) is 0 Å². The van der Waals surface area contributed by atoms with Gasteiger partial charge >= 0.3 is 0 Å². The fraction of sp³-hybridized carbons (Fsp3) is 0.647. The standard InChI is InChI=1S/C17H31N5O.HI/c1-7-18-15(23)17(3,4)13-20-16(19-8-2)22(6)12-14-10-9-11-21(14)5;/h9-11H,7-8,12-13H2,1-6H3,(H,18,23)(H,19,20);1H. The number of aliphatic imine (C=N–C) groups is 1. The Kier molecular flexibility index (Phi) is 10.0. The first-order valence-corrected chi connectivity index (χ1v) is 8.19. The number of hydrogen-bond acceptors (Lipinski definition) is 2. The molecule has 0 fully saturated rings. The lowest BCUT2D eigenvalue weighted by Gasteiger charge is -2.25. The maximum Gasteiger partial charge on any atom is 0.227 e. The summed E-state index contributed by atoms with van der Waals surface area (Å²) in [6.45, 7) is 10.4.